The van der Waals surface area contributed by atoms with E-state index in [1.807, 2.05) is 53.7 Å². The Hall–Kier alpha value is -2.40. The lowest BCUT2D eigenvalue weighted by atomic mass is 9.84. The Kier molecular flexibility index (Phi) is 13.0. The molecule has 1 aliphatic rings. The first-order valence-corrected chi connectivity index (χ1v) is 15.9. The first-order chi connectivity index (χ1) is 19.2. The van der Waals surface area contributed by atoms with E-state index in [0.717, 1.165) is 35.5 Å². The molecule has 40 heavy (non-hydrogen) atoms. The van der Waals surface area contributed by atoms with Crippen LogP contribution < -0.4 is 10.6 Å². The maximum absolute atomic E-state index is 14.1. The summed E-state index contributed by atoms with van der Waals surface area (Å²) >= 11 is 2.88. The smallest absolute Gasteiger partial charge is 0.247 e. The van der Waals surface area contributed by atoms with E-state index in [4.69, 9.17) is 5.73 Å². The van der Waals surface area contributed by atoms with Crippen LogP contribution in [-0.4, -0.2) is 65.9 Å². The third kappa shape index (κ3) is 9.33. The van der Waals surface area contributed by atoms with E-state index in [1.165, 1.54) is 42.3 Å². The molecule has 0 radical (unpaired) electrons. The topological polar surface area (TPSA) is 87.0 Å². The molecule has 7 nitrogen and oxygen atoms in total. The van der Waals surface area contributed by atoms with Crippen molar-refractivity contribution in [3.8, 4) is 0 Å². The quantitative estimate of drug-likeness (QED) is 0.165. The number of imide groups is 1. The van der Waals surface area contributed by atoms with Crippen LogP contribution in [0.5, 0.6) is 0 Å². The monoisotopic (exact) mass is 588 g/mol. The summed E-state index contributed by atoms with van der Waals surface area (Å²) in [5.74, 6) is -0.670. The fraction of sp³-hybridized carbons (Fsp3) is 0.500. The molecule has 1 saturated carbocycles. The number of carbonyl (C=O) groups excluding carboxylic acids is 3. The van der Waals surface area contributed by atoms with Gasteiger partial charge in [-0.3, -0.25) is 24.2 Å². The Bertz CT molecular complexity index is 1130. The second kappa shape index (κ2) is 16.1. The molecule has 218 valence electrons. The molecule has 0 heterocycles. The Morgan fingerprint density at radius 1 is 1.10 bits per heavy atom. The average Bonchev–Trinajstić information content (AvgIpc) is 2.94. The van der Waals surface area contributed by atoms with Crippen LogP contribution in [0, 0.1) is 11.7 Å². The van der Waals surface area contributed by atoms with Crippen LogP contribution in [0.2, 0.25) is 0 Å². The van der Waals surface area contributed by atoms with Crippen LogP contribution in [0.4, 0.5) is 10.1 Å². The van der Waals surface area contributed by atoms with Gasteiger partial charge in [0.15, 0.2) is 0 Å². The Labute approximate surface area is 246 Å². The van der Waals surface area contributed by atoms with Crippen molar-refractivity contribution in [1.29, 1.82) is 0 Å². The molecular formula is C30H41FN4O3S2. The zero-order chi connectivity index (χ0) is 29.1. The van der Waals surface area contributed by atoms with Gasteiger partial charge in [0.25, 0.3) is 0 Å². The normalized spacial score (nSPS) is 15.7. The van der Waals surface area contributed by atoms with Crippen molar-refractivity contribution < 1.29 is 18.8 Å². The number of thioether (sulfide) groups is 1. The number of nitrogens with two attached hydrogens (primary N) is 1. The number of halogens is 1. The van der Waals surface area contributed by atoms with Gasteiger partial charge in [-0.2, -0.15) is 0 Å². The summed E-state index contributed by atoms with van der Waals surface area (Å²) in [5.41, 5.74) is 6.53. The number of carbonyl (C=O) groups is 3. The van der Waals surface area contributed by atoms with Gasteiger partial charge in [-0.05, 0) is 80.4 Å². The zero-order valence-electron chi connectivity index (χ0n) is 23.6. The van der Waals surface area contributed by atoms with Crippen molar-refractivity contribution in [2.24, 2.45) is 11.7 Å². The lowest BCUT2D eigenvalue weighted by Crippen LogP contribution is -2.51. The number of nitrogens with zero attached hydrogens (tertiary/aromatic N) is 3. The number of hydrogen-bond acceptors (Lipinski definition) is 7. The first kappa shape index (κ1) is 32.1. The molecule has 0 aromatic heterocycles. The molecule has 1 fully saturated rings. The van der Waals surface area contributed by atoms with Crippen molar-refractivity contribution in [2.45, 2.75) is 73.7 Å². The molecule has 2 aromatic rings. The molecule has 0 aliphatic heterocycles. The van der Waals surface area contributed by atoms with Crippen molar-refractivity contribution in [3.05, 3.63) is 54.3 Å². The summed E-state index contributed by atoms with van der Waals surface area (Å²) in [5, 5.41) is 0. The molecular weight excluding hydrogens is 547 g/mol. The van der Waals surface area contributed by atoms with Crippen LogP contribution >= 0.6 is 23.7 Å². The molecule has 2 aromatic carbocycles. The van der Waals surface area contributed by atoms with Gasteiger partial charge in [0, 0.05) is 22.4 Å². The first-order valence-electron chi connectivity index (χ1n) is 13.9. The van der Waals surface area contributed by atoms with Crippen LogP contribution in [-0.2, 0) is 14.4 Å². The summed E-state index contributed by atoms with van der Waals surface area (Å²) < 4.78 is 16.1. The van der Waals surface area contributed by atoms with Gasteiger partial charge in [-0.1, -0.05) is 51.2 Å². The van der Waals surface area contributed by atoms with Gasteiger partial charge in [0.2, 0.25) is 18.2 Å². The third-order valence-electron chi connectivity index (χ3n) is 7.39. The van der Waals surface area contributed by atoms with E-state index in [2.05, 4.69) is 0 Å². The molecule has 10 heteroatoms. The zero-order valence-corrected chi connectivity index (χ0v) is 25.3. The Balaban J connectivity index is 1.80. The maximum atomic E-state index is 14.1. The Morgan fingerprint density at radius 3 is 2.42 bits per heavy atom. The summed E-state index contributed by atoms with van der Waals surface area (Å²) in [7, 11) is 1.83. The van der Waals surface area contributed by atoms with Gasteiger partial charge in [-0.15, -0.1) is 11.8 Å². The van der Waals surface area contributed by atoms with Crippen molar-refractivity contribution >= 4 is 47.6 Å². The SMILES string of the molecule is CCC(CN(C)CC(=O)N(C=O)c1cccc(SC)c1)N(Sc1cccc(F)c1)[C@@H](CC1CCCCC1)C(N)=O. The molecule has 2 atom stereocenters. The highest BCUT2D eigenvalue weighted by Gasteiger charge is 2.34. The van der Waals surface area contributed by atoms with E-state index < -0.39 is 11.9 Å². The predicted molar refractivity (Wildman–Crippen MR) is 162 cm³/mol. The molecule has 0 bridgehead atoms. The lowest BCUT2D eigenvalue weighted by molar-refractivity contribution is -0.124. The highest BCUT2D eigenvalue weighted by atomic mass is 32.2. The van der Waals surface area contributed by atoms with Gasteiger partial charge in [-0.25, -0.2) is 8.70 Å². The fourth-order valence-electron chi connectivity index (χ4n) is 5.27. The van der Waals surface area contributed by atoms with Gasteiger partial charge >= 0.3 is 0 Å². The minimum absolute atomic E-state index is 0.0150. The fourth-order valence-corrected chi connectivity index (χ4v) is 6.95. The highest BCUT2D eigenvalue weighted by Crippen LogP contribution is 2.35. The largest absolute Gasteiger partial charge is 0.368 e. The number of amides is 3. The summed E-state index contributed by atoms with van der Waals surface area (Å²) in [4.78, 5) is 42.6. The van der Waals surface area contributed by atoms with E-state index in [1.54, 1.807) is 12.1 Å². The second-order valence-electron chi connectivity index (χ2n) is 10.4. The van der Waals surface area contributed by atoms with Gasteiger partial charge in [0.1, 0.15) is 5.82 Å². The minimum atomic E-state index is -0.536. The van der Waals surface area contributed by atoms with Gasteiger partial charge in [0.05, 0.1) is 18.3 Å². The second-order valence-corrected chi connectivity index (χ2v) is 12.4. The van der Waals surface area contributed by atoms with Crippen molar-refractivity contribution in [2.75, 3.05) is 31.3 Å². The Morgan fingerprint density at radius 2 is 1.80 bits per heavy atom. The number of hydrogen-bond donors (Lipinski definition) is 1. The molecule has 0 spiro atoms. The van der Waals surface area contributed by atoms with Crippen molar-refractivity contribution in [1.82, 2.24) is 9.21 Å². The number of anilines is 1. The summed E-state index contributed by atoms with van der Waals surface area (Å²) in [6.45, 7) is 2.50. The third-order valence-corrected chi connectivity index (χ3v) is 9.34. The number of benzene rings is 2. The van der Waals surface area contributed by atoms with Crippen LogP contribution in [0.15, 0.2) is 58.3 Å². The standard InChI is InChI=1S/C30H41FN4O3S2/c1-4-24(19-33(2)20-29(37)34(21-36)25-13-9-14-26(18-25)39-3)35(40-27-15-8-12-23(31)17-27)28(30(32)38)16-22-10-6-5-7-11-22/h8-9,12-15,17-18,21-22,24,28H,4-7,10-11,16,19-20H2,1-3H3,(H2,32,38)/t24?,28-/m0/s1. The number of primary amides is 1. The predicted octanol–water partition coefficient (Wildman–Crippen LogP) is 5.58. The maximum Gasteiger partial charge on any atom is 0.247 e. The molecule has 3 amide bonds. The molecule has 1 unspecified atom stereocenters. The van der Waals surface area contributed by atoms with Crippen LogP contribution in [0.25, 0.3) is 0 Å². The molecule has 0 saturated heterocycles. The summed E-state index contributed by atoms with van der Waals surface area (Å²) in [6, 6.07) is 12.9. The van der Waals surface area contributed by atoms with Gasteiger partial charge < -0.3 is 5.73 Å². The van der Waals surface area contributed by atoms with E-state index in [0.29, 0.717) is 42.3 Å². The van der Waals surface area contributed by atoms with E-state index in [-0.39, 0.29) is 24.3 Å². The van der Waals surface area contributed by atoms with E-state index in [9.17, 15) is 18.8 Å². The molecule has 3 rings (SSSR count). The number of rotatable bonds is 15. The highest BCUT2D eigenvalue weighted by molar-refractivity contribution is 7.98. The minimum Gasteiger partial charge on any atom is -0.368 e. The van der Waals surface area contributed by atoms with Crippen molar-refractivity contribution in [3.63, 3.8) is 0 Å². The van der Waals surface area contributed by atoms with Crippen LogP contribution in [0.1, 0.15) is 51.9 Å². The lowest BCUT2D eigenvalue weighted by Gasteiger charge is -2.38. The van der Waals surface area contributed by atoms with E-state index >= 15 is 0 Å². The molecule has 1 aliphatic carbocycles. The average molecular weight is 589 g/mol. The summed E-state index contributed by atoms with van der Waals surface area (Å²) in [6.07, 6.45) is 9.50. The number of likely N-dealkylation sites (N-methyl/N-ethyl adjacent to an activating group) is 1. The van der Waals surface area contributed by atoms with Crippen LogP contribution in [0.3, 0.4) is 0 Å². The molecule has 2 N–H and O–H groups in total.